The van der Waals surface area contributed by atoms with Crippen molar-refractivity contribution >= 4 is 13.7 Å². The molecule has 0 aliphatic heterocycles. The minimum absolute atomic E-state index is 0.0653. The summed E-state index contributed by atoms with van der Waals surface area (Å²) in [5, 5.41) is 14.0. The number of amides is 1. The van der Waals surface area contributed by atoms with E-state index < -0.39 is 20.0 Å². The number of aliphatic hydroxyl groups excluding tert-OH is 1. The van der Waals surface area contributed by atoms with Gasteiger partial charge in [-0.3, -0.25) is 13.8 Å². The molecule has 0 rings (SSSR count). The van der Waals surface area contributed by atoms with Crippen LogP contribution in [0, 0.1) is 0 Å². The highest BCUT2D eigenvalue weighted by Crippen LogP contribution is 2.43. The van der Waals surface area contributed by atoms with Gasteiger partial charge in [-0.25, -0.2) is 4.57 Å². The zero-order valence-electron chi connectivity index (χ0n) is 52.0. The first-order valence-corrected chi connectivity index (χ1v) is 35.6. The maximum atomic E-state index is 13.0. The molecular weight excluding hydrogens is 960 g/mol. The Morgan fingerprint density at radius 3 is 0.974 bits per heavy atom. The number of quaternary nitrogens is 1. The van der Waals surface area contributed by atoms with Gasteiger partial charge in [-0.05, 0) is 19.3 Å². The summed E-state index contributed by atoms with van der Waals surface area (Å²) in [6.07, 6.45) is 75.1. The molecule has 0 saturated heterocycles. The predicted octanol–water partition coefficient (Wildman–Crippen LogP) is 21.3. The Kier molecular flexibility index (Phi) is 58.3. The van der Waals surface area contributed by atoms with E-state index in [1.807, 2.05) is 27.2 Å². The summed E-state index contributed by atoms with van der Waals surface area (Å²) in [6, 6.07) is -0.843. The molecule has 9 heteroatoms. The van der Waals surface area contributed by atoms with Crippen LogP contribution in [-0.2, 0) is 18.4 Å². The van der Waals surface area contributed by atoms with Crippen LogP contribution in [0.2, 0.25) is 0 Å². The summed E-state index contributed by atoms with van der Waals surface area (Å²) < 4.78 is 23.8. The molecule has 0 spiro atoms. The Bertz CT molecular complexity index is 1240. The third-order valence-electron chi connectivity index (χ3n) is 16.0. The number of likely N-dealkylation sites (N-methyl/N-ethyl adjacent to an activating group) is 1. The van der Waals surface area contributed by atoms with Gasteiger partial charge in [0.05, 0.1) is 39.9 Å². The van der Waals surface area contributed by atoms with E-state index in [2.05, 4.69) is 19.2 Å². The second kappa shape index (κ2) is 58.9. The number of rotatable bonds is 64. The highest BCUT2D eigenvalue weighted by Gasteiger charge is 2.28. The average Bonchev–Trinajstić information content (AvgIpc) is 3.38. The fraction of sp³-hybridized carbons (Fsp3) is 0.955. The number of phosphoric acid groups is 1. The maximum absolute atomic E-state index is 13.0. The van der Waals surface area contributed by atoms with E-state index in [1.54, 1.807) is 6.08 Å². The van der Waals surface area contributed by atoms with Gasteiger partial charge in [-0.1, -0.05) is 347 Å². The summed E-state index contributed by atoms with van der Waals surface area (Å²) in [5.41, 5.74) is 0. The van der Waals surface area contributed by atoms with E-state index in [9.17, 15) is 19.4 Å². The molecule has 1 amide bonds. The number of nitrogens with zero attached hydrogens (tertiary/aromatic N) is 1. The molecule has 0 heterocycles. The van der Waals surface area contributed by atoms with Crippen LogP contribution >= 0.6 is 7.82 Å². The normalized spacial score (nSPS) is 13.7. The largest absolute Gasteiger partial charge is 0.472 e. The summed E-state index contributed by atoms with van der Waals surface area (Å²) >= 11 is 0. The molecule has 0 aliphatic carbocycles. The lowest BCUT2D eigenvalue weighted by molar-refractivity contribution is -0.870. The molecule has 3 unspecified atom stereocenters. The van der Waals surface area contributed by atoms with Crippen LogP contribution in [0.3, 0.4) is 0 Å². The first-order valence-electron chi connectivity index (χ1n) is 34.1. The molecule has 0 aliphatic rings. The molecule has 0 fully saturated rings. The van der Waals surface area contributed by atoms with Crippen molar-refractivity contribution in [3.63, 3.8) is 0 Å². The fourth-order valence-electron chi connectivity index (χ4n) is 10.7. The fourth-order valence-corrected chi connectivity index (χ4v) is 11.4. The molecule has 0 aromatic carbocycles. The molecule has 0 aromatic rings. The van der Waals surface area contributed by atoms with Crippen LogP contribution in [-0.4, -0.2) is 73.4 Å². The number of allylic oxidation sites excluding steroid dienone is 1. The van der Waals surface area contributed by atoms with Gasteiger partial charge in [-0.15, -0.1) is 0 Å². The lowest BCUT2D eigenvalue weighted by atomic mass is 10.0. The molecule has 3 atom stereocenters. The second-order valence-electron chi connectivity index (χ2n) is 24.9. The third kappa shape index (κ3) is 60.9. The number of unbranched alkanes of at least 4 members (excludes halogenated alkanes) is 51. The minimum atomic E-state index is -4.35. The molecule has 8 nitrogen and oxygen atoms in total. The van der Waals surface area contributed by atoms with Crippen molar-refractivity contribution in [3.8, 4) is 0 Å². The molecule has 76 heavy (non-hydrogen) atoms. The van der Waals surface area contributed by atoms with Crippen LogP contribution in [0.4, 0.5) is 0 Å². The lowest BCUT2D eigenvalue weighted by Crippen LogP contribution is -2.45. The summed E-state index contributed by atoms with van der Waals surface area (Å²) in [6.45, 7) is 4.88. The van der Waals surface area contributed by atoms with E-state index in [4.69, 9.17) is 9.05 Å². The first kappa shape index (κ1) is 75.2. The van der Waals surface area contributed by atoms with Crippen LogP contribution in [0.25, 0.3) is 0 Å². The maximum Gasteiger partial charge on any atom is 0.472 e. The van der Waals surface area contributed by atoms with Gasteiger partial charge in [0.25, 0.3) is 0 Å². The zero-order chi connectivity index (χ0) is 55.6. The number of phosphoric ester groups is 1. The van der Waals surface area contributed by atoms with E-state index in [1.165, 1.54) is 308 Å². The molecule has 0 bridgehead atoms. The zero-order valence-corrected chi connectivity index (χ0v) is 52.9. The standard InChI is InChI=1S/C67H135N2O6P/c1-6-8-10-12-14-16-18-20-22-24-26-27-28-29-30-31-32-33-34-35-36-37-38-39-40-41-42-43-45-47-49-51-53-55-57-59-61-67(71)68-65(64-75-76(72,73)74-63-62-69(3,4)5)66(70)60-58-56-54-52-50-48-46-44-25-23-21-19-17-15-13-11-9-7-2/h58,60,65-66,70H,6-57,59,61-64H2,1-5H3,(H-,68,71,72,73)/p+1/b60-58+. The van der Waals surface area contributed by atoms with Crippen molar-refractivity contribution < 1.29 is 32.9 Å². The van der Waals surface area contributed by atoms with Crippen molar-refractivity contribution in [1.82, 2.24) is 5.32 Å². The average molecular weight is 1100 g/mol. The number of hydrogen-bond acceptors (Lipinski definition) is 5. The first-order chi connectivity index (χ1) is 37.0. The number of aliphatic hydroxyl groups is 1. The quantitative estimate of drug-likeness (QED) is 0.0243. The van der Waals surface area contributed by atoms with Gasteiger partial charge in [-0.2, -0.15) is 0 Å². The summed E-state index contributed by atoms with van der Waals surface area (Å²) in [7, 11) is 1.59. The van der Waals surface area contributed by atoms with Gasteiger partial charge in [0.15, 0.2) is 0 Å². The highest BCUT2D eigenvalue weighted by atomic mass is 31.2. The number of carbonyl (C=O) groups is 1. The Hall–Kier alpha value is -0.760. The lowest BCUT2D eigenvalue weighted by Gasteiger charge is -2.25. The van der Waals surface area contributed by atoms with E-state index in [0.717, 1.165) is 32.1 Å². The number of hydrogen-bond donors (Lipinski definition) is 3. The Morgan fingerprint density at radius 1 is 0.434 bits per heavy atom. The van der Waals surface area contributed by atoms with E-state index in [-0.39, 0.29) is 19.1 Å². The van der Waals surface area contributed by atoms with Crippen LogP contribution in [0.1, 0.15) is 361 Å². The third-order valence-corrected chi connectivity index (χ3v) is 17.0. The predicted molar refractivity (Wildman–Crippen MR) is 332 cm³/mol. The van der Waals surface area contributed by atoms with Crippen molar-refractivity contribution in [2.45, 2.75) is 373 Å². The number of nitrogens with one attached hydrogen (secondary N) is 1. The van der Waals surface area contributed by atoms with Crippen LogP contribution in [0.15, 0.2) is 12.2 Å². The van der Waals surface area contributed by atoms with Crippen molar-refractivity contribution in [2.24, 2.45) is 0 Å². The van der Waals surface area contributed by atoms with Crippen molar-refractivity contribution in [1.29, 1.82) is 0 Å². The summed E-state index contributed by atoms with van der Waals surface area (Å²) in [4.78, 5) is 23.4. The van der Waals surface area contributed by atoms with Crippen LogP contribution in [0.5, 0.6) is 0 Å². The van der Waals surface area contributed by atoms with Crippen molar-refractivity contribution in [3.05, 3.63) is 12.2 Å². The summed E-state index contributed by atoms with van der Waals surface area (Å²) in [5.74, 6) is -0.168. The minimum Gasteiger partial charge on any atom is -0.387 e. The van der Waals surface area contributed by atoms with E-state index in [0.29, 0.717) is 17.4 Å². The molecule has 0 saturated carbocycles. The Balaban J connectivity index is 3.93. The topological polar surface area (TPSA) is 105 Å². The smallest absolute Gasteiger partial charge is 0.387 e. The Morgan fingerprint density at radius 2 is 0.697 bits per heavy atom. The Labute approximate surface area is 475 Å². The van der Waals surface area contributed by atoms with Gasteiger partial charge in [0.2, 0.25) is 5.91 Å². The second-order valence-corrected chi connectivity index (χ2v) is 26.4. The van der Waals surface area contributed by atoms with Gasteiger partial charge in [0, 0.05) is 6.42 Å². The SMILES string of the molecule is CCCCCCCCCCCCCCCCCC/C=C/C(O)C(COP(=O)(O)OCC[N+](C)(C)C)NC(=O)CCCCCCCCCCCCCCCCCCCCCCCCCCCCCCCCCCCCCC. The van der Waals surface area contributed by atoms with Gasteiger partial charge < -0.3 is 19.8 Å². The van der Waals surface area contributed by atoms with E-state index >= 15 is 0 Å². The molecule has 0 radical (unpaired) electrons. The van der Waals surface area contributed by atoms with Crippen LogP contribution < -0.4 is 5.32 Å². The molecular formula is C67H136N2O6P+. The van der Waals surface area contributed by atoms with Crippen molar-refractivity contribution in [2.75, 3.05) is 40.9 Å². The molecule has 3 N–H and O–H groups in total. The number of carbonyl (C=O) groups excluding carboxylic acids is 1. The molecule has 0 aromatic heterocycles. The van der Waals surface area contributed by atoms with Gasteiger partial charge >= 0.3 is 7.82 Å². The van der Waals surface area contributed by atoms with Gasteiger partial charge in [0.1, 0.15) is 13.2 Å². The monoisotopic (exact) mass is 1100 g/mol. The highest BCUT2D eigenvalue weighted by molar-refractivity contribution is 7.47. The molecule has 454 valence electrons.